The maximum Gasteiger partial charge on any atom is 0.362 e. The molecule has 0 aliphatic rings. The standard InChI is InChI=1S/C18H16BrF2N3O3/c1-4-27-18(26)16(24-23-14-6-5-11(20)8-13(14)21)17(25)15-12(19)7-9(2)10(3)22-15/h5-8,25H,4H2,1-3H3/b17-16-,24-23?. The van der Waals surface area contributed by atoms with Gasteiger partial charge in [-0.15, -0.1) is 10.2 Å². The number of carbonyl (C=O) groups is 1. The number of aliphatic hydroxyl groups excluding tert-OH is 1. The molecular weight excluding hydrogens is 424 g/mol. The van der Waals surface area contributed by atoms with E-state index < -0.39 is 29.1 Å². The predicted molar refractivity (Wildman–Crippen MR) is 98.5 cm³/mol. The van der Waals surface area contributed by atoms with Crippen LogP contribution in [0.15, 0.2) is 44.7 Å². The molecule has 9 heteroatoms. The van der Waals surface area contributed by atoms with Crippen molar-refractivity contribution in [2.45, 2.75) is 20.8 Å². The van der Waals surface area contributed by atoms with Crippen LogP contribution in [-0.4, -0.2) is 22.7 Å². The van der Waals surface area contributed by atoms with Crippen LogP contribution in [-0.2, 0) is 9.53 Å². The lowest BCUT2D eigenvalue weighted by Gasteiger charge is -2.09. The number of esters is 1. The zero-order chi connectivity index (χ0) is 20.1. The quantitative estimate of drug-likeness (QED) is 0.296. The van der Waals surface area contributed by atoms with Gasteiger partial charge in [-0.25, -0.2) is 18.6 Å². The number of hydrogen-bond acceptors (Lipinski definition) is 6. The second-order valence-electron chi connectivity index (χ2n) is 5.43. The van der Waals surface area contributed by atoms with Crippen molar-refractivity contribution in [3.05, 3.63) is 63.0 Å². The highest BCUT2D eigenvalue weighted by molar-refractivity contribution is 9.10. The Bertz CT molecular complexity index is 946. The van der Waals surface area contributed by atoms with Crippen LogP contribution in [0.1, 0.15) is 23.9 Å². The number of aryl methyl sites for hydroxylation is 2. The number of pyridine rings is 1. The minimum Gasteiger partial charge on any atom is -0.504 e. The maximum absolute atomic E-state index is 13.7. The lowest BCUT2D eigenvalue weighted by Crippen LogP contribution is -2.09. The average molecular weight is 440 g/mol. The summed E-state index contributed by atoms with van der Waals surface area (Å²) in [4.78, 5) is 16.4. The highest BCUT2D eigenvalue weighted by Crippen LogP contribution is 2.28. The van der Waals surface area contributed by atoms with E-state index in [2.05, 4.69) is 31.1 Å². The molecule has 0 atom stereocenters. The first-order valence-corrected chi connectivity index (χ1v) is 8.65. The van der Waals surface area contributed by atoms with Crippen molar-refractivity contribution in [2.24, 2.45) is 10.2 Å². The van der Waals surface area contributed by atoms with Crippen LogP contribution in [0, 0.1) is 25.5 Å². The molecule has 1 heterocycles. The van der Waals surface area contributed by atoms with Crippen molar-refractivity contribution in [1.29, 1.82) is 0 Å². The average Bonchev–Trinajstić information content (AvgIpc) is 2.60. The number of carbonyl (C=O) groups excluding carboxylic acids is 1. The number of halogens is 3. The molecule has 0 saturated heterocycles. The first-order chi connectivity index (χ1) is 12.7. The summed E-state index contributed by atoms with van der Waals surface area (Å²) in [7, 11) is 0. The molecule has 2 aromatic rings. The summed E-state index contributed by atoms with van der Waals surface area (Å²) in [5.41, 5.74) is 0.686. The van der Waals surface area contributed by atoms with Crippen LogP contribution >= 0.6 is 15.9 Å². The lowest BCUT2D eigenvalue weighted by molar-refractivity contribution is -0.138. The normalized spacial score (nSPS) is 12.2. The van der Waals surface area contributed by atoms with Gasteiger partial charge >= 0.3 is 5.97 Å². The van der Waals surface area contributed by atoms with Crippen LogP contribution in [0.3, 0.4) is 0 Å². The smallest absolute Gasteiger partial charge is 0.362 e. The number of rotatable bonds is 5. The Morgan fingerprint density at radius 1 is 1.30 bits per heavy atom. The number of aliphatic hydroxyl groups is 1. The fourth-order valence-electron chi connectivity index (χ4n) is 2.00. The summed E-state index contributed by atoms with van der Waals surface area (Å²) >= 11 is 3.27. The predicted octanol–water partition coefficient (Wildman–Crippen LogP) is 5.31. The molecule has 1 N–H and O–H groups in total. The fraction of sp³-hybridized carbons (Fsp3) is 0.222. The molecule has 27 heavy (non-hydrogen) atoms. The van der Waals surface area contributed by atoms with Crippen LogP contribution in [0.25, 0.3) is 5.76 Å². The van der Waals surface area contributed by atoms with Gasteiger partial charge in [-0.05, 0) is 60.5 Å². The molecule has 0 radical (unpaired) electrons. The number of benzene rings is 1. The van der Waals surface area contributed by atoms with Crippen molar-refractivity contribution >= 4 is 33.3 Å². The van der Waals surface area contributed by atoms with Gasteiger partial charge in [-0.2, -0.15) is 0 Å². The first-order valence-electron chi connectivity index (χ1n) is 7.85. The van der Waals surface area contributed by atoms with Crippen molar-refractivity contribution in [3.8, 4) is 0 Å². The third-order valence-corrected chi connectivity index (χ3v) is 4.11. The van der Waals surface area contributed by atoms with Gasteiger partial charge in [-0.1, -0.05) is 0 Å². The second-order valence-corrected chi connectivity index (χ2v) is 6.29. The zero-order valence-corrected chi connectivity index (χ0v) is 16.3. The fourth-order valence-corrected chi connectivity index (χ4v) is 2.62. The molecule has 2 rings (SSSR count). The summed E-state index contributed by atoms with van der Waals surface area (Å²) < 4.78 is 32.0. The monoisotopic (exact) mass is 439 g/mol. The largest absolute Gasteiger partial charge is 0.504 e. The van der Waals surface area contributed by atoms with E-state index in [1.54, 1.807) is 19.9 Å². The molecule has 142 valence electrons. The van der Waals surface area contributed by atoms with Crippen LogP contribution in [0.4, 0.5) is 14.5 Å². The van der Waals surface area contributed by atoms with Crippen LogP contribution < -0.4 is 0 Å². The Morgan fingerprint density at radius 2 is 2.00 bits per heavy atom. The molecule has 0 bridgehead atoms. The molecule has 0 unspecified atom stereocenters. The van der Waals surface area contributed by atoms with Crippen molar-refractivity contribution < 1.29 is 23.4 Å². The third-order valence-electron chi connectivity index (χ3n) is 3.50. The summed E-state index contributed by atoms with van der Waals surface area (Å²) in [5, 5.41) is 17.8. The highest BCUT2D eigenvalue weighted by Gasteiger charge is 2.22. The van der Waals surface area contributed by atoms with Gasteiger partial charge in [-0.3, -0.25) is 0 Å². The molecule has 1 aromatic heterocycles. The van der Waals surface area contributed by atoms with Gasteiger partial charge in [0.2, 0.25) is 5.70 Å². The maximum atomic E-state index is 13.7. The molecule has 1 aromatic carbocycles. The van der Waals surface area contributed by atoms with Gasteiger partial charge in [0.25, 0.3) is 0 Å². The van der Waals surface area contributed by atoms with Crippen LogP contribution in [0.2, 0.25) is 0 Å². The molecular formula is C18H16BrF2N3O3. The molecule has 0 aliphatic carbocycles. The van der Waals surface area contributed by atoms with Crippen LogP contribution in [0.5, 0.6) is 0 Å². The minimum atomic E-state index is -0.966. The number of azo groups is 1. The van der Waals surface area contributed by atoms with E-state index in [1.165, 1.54) is 0 Å². The van der Waals surface area contributed by atoms with E-state index in [-0.39, 0.29) is 18.0 Å². The number of aromatic nitrogens is 1. The molecule has 0 aliphatic heterocycles. The van der Waals surface area contributed by atoms with Gasteiger partial charge in [0.1, 0.15) is 17.2 Å². The number of ether oxygens (including phenoxy) is 1. The Balaban J connectivity index is 2.57. The Hall–Kier alpha value is -2.68. The van der Waals surface area contributed by atoms with Crippen molar-refractivity contribution in [3.63, 3.8) is 0 Å². The molecule has 0 fully saturated rings. The first kappa shape index (κ1) is 20.6. The Labute approximate surface area is 162 Å². The van der Waals surface area contributed by atoms with Gasteiger partial charge < -0.3 is 9.84 Å². The number of nitrogens with zero attached hydrogens (tertiary/aromatic N) is 3. The van der Waals surface area contributed by atoms with E-state index >= 15 is 0 Å². The summed E-state index contributed by atoms with van der Waals surface area (Å²) in [6.07, 6.45) is 0. The summed E-state index contributed by atoms with van der Waals surface area (Å²) in [6, 6.07) is 4.39. The molecule has 0 spiro atoms. The zero-order valence-electron chi connectivity index (χ0n) is 14.8. The molecule has 0 amide bonds. The molecule has 6 nitrogen and oxygen atoms in total. The second kappa shape index (κ2) is 8.81. The summed E-state index contributed by atoms with van der Waals surface area (Å²) in [5.74, 6) is -3.30. The highest BCUT2D eigenvalue weighted by atomic mass is 79.9. The Kier molecular flexibility index (Phi) is 6.73. The van der Waals surface area contributed by atoms with Gasteiger partial charge in [0.15, 0.2) is 11.6 Å². The molecule has 0 saturated carbocycles. The van der Waals surface area contributed by atoms with E-state index in [1.807, 2.05) is 6.92 Å². The van der Waals surface area contributed by atoms with Gasteiger partial charge in [0, 0.05) is 16.2 Å². The SMILES string of the molecule is CCOC(=O)/C(N=Nc1ccc(F)cc1F)=C(/O)c1nc(C)c(C)cc1Br. The van der Waals surface area contributed by atoms with E-state index in [9.17, 15) is 18.7 Å². The van der Waals surface area contributed by atoms with Crippen molar-refractivity contribution in [2.75, 3.05) is 6.61 Å². The van der Waals surface area contributed by atoms with E-state index in [0.717, 1.165) is 17.7 Å². The van der Waals surface area contributed by atoms with Crippen molar-refractivity contribution in [1.82, 2.24) is 4.98 Å². The Morgan fingerprint density at radius 3 is 2.63 bits per heavy atom. The van der Waals surface area contributed by atoms with E-state index in [4.69, 9.17) is 4.74 Å². The minimum absolute atomic E-state index is 0.0254. The third kappa shape index (κ3) is 4.94. The van der Waals surface area contributed by atoms with E-state index in [0.29, 0.717) is 16.2 Å². The topological polar surface area (TPSA) is 84.1 Å². The van der Waals surface area contributed by atoms with Gasteiger partial charge in [0.05, 0.1) is 6.61 Å². The summed E-state index contributed by atoms with van der Waals surface area (Å²) in [6.45, 7) is 5.17. The lowest BCUT2D eigenvalue weighted by atomic mass is 10.2. The number of hydrogen-bond donors (Lipinski definition) is 1.